The fourth-order valence-corrected chi connectivity index (χ4v) is 1.88. The van der Waals surface area contributed by atoms with Gasteiger partial charge in [-0.05, 0) is 24.6 Å². The van der Waals surface area contributed by atoms with Crippen molar-refractivity contribution in [1.82, 2.24) is 10.6 Å². The van der Waals surface area contributed by atoms with Crippen LogP contribution in [0.2, 0.25) is 0 Å². The van der Waals surface area contributed by atoms with Crippen LogP contribution >= 0.6 is 15.9 Å². The van der Waals surface area contributed by atoms with E-state index in [0.717, 1.165) is 4.47 Å². The molecule has 20 heavy (non-hydrogen) atoms. The van der Waals surface area contributed by atoms with E-state index in [1.807, 2.05) is 0 Å². The Labute approximate surface area is 124 Å². The van der Waals surface area contributed by atoms with Crippen molar-refractivity contribution in [2.75, 3.05) is 6.54 Å². The fraction of sp³-hybridized carbons (Fsp3) is 0.308. The van der Waals surface area contributed by atoms with Gasteiger partial charge in [-0.2, -0.15) is 0 Å². The summed E-state index contributed by atoms with van der Waals surface area (Å²) in [5.41, 5.74) is 0.414. The highest BCUT2D eigenvalue weighted by Crippen LogP contribution is 2.11. The highest BCUT2D eigenvalue weighted by molar-refractivity contribution is 9.10. The van der Waals surface area contributed by atoms with Gasteiger partial charge in [0.05, 0.1) is 6.54 Å². The van der Waals surface area contributed by atoms with Crippen molar-refractivity contribution < 1.29 is 19.5 Å². The second-order valence-electron chi connectivity index (χ2n) is 4.06. The molecule has 1 rings (SSSR count). The number of aliphatic carboxylic acids is 1. The number of carbonyl (C=O) groups excluding carboxylic acids is 2. The van der Waals surface area contributed by atoms with Crippen LogP contribution in [-0.2, 0) is 9.59 Å². The van der Waals surface area contributed by atoms with Gasteiger partial charge in [-0.3, -0.25) is 9.59 Å². The van der Waals surface area contributed by atoms with Crippen LogP contribution < -0.4 is 10.6 Å². The van der Waals surface area contributed by atoms with E-state index in [0.29, 0.717) is 5.56 Å². The summed E-state index contributed by atoms with van der Waals surface area (Å²) in [5.74, 6) is -2.04. The molecule has 6 nitrogen and oxygen atoms in total. The zero-order valence-electron chi connectivity index (χ0n) is 10.9. The van der Waals surface area contributed by atoms with Crippen molar-refractivity contribution in [3.8, 4) is 0 Å². The lowest BCUT2D eigenvalue weighted by Crippen LogP contribution is -2.45. The van der Waals surface area contributed by atoms with E-state index in [9.17, 15) is 14.4 Å². The van der Waals surface area contributed by atoms with E-state index in [-0.39, 0.29) is 13.0 Å². The lowest BCUT2D eigenvalue weighted by atomic mass is 10.2. The average molecular weight is 343 g/mol. The van der Waals surface area contributed by atoms with Crippen molar-refractivity contribution in [3.05, 3.63) is 34.3 Å². The molecule has 1 atom stereocenters. The van der Waals surface area contributed by atoms with E-state index in [2.05, 4.69) is 26.6 Å². The minimum Gasteiger partial charge on any atom is -0.480 e. The highest BCUT2D eigenvalue weighted by atomic mass is 79.9. The van der Waals surface area contributed by atoms with E-state index < -0.39 is 23.8 Å². The van der Waals surface area contributed by atoms with Crippen molar-refractivity contribution in [3.63, 3.8) is 0 Å². The maximum Gasteiger partial charge on any atom is 0.326 e. The predicted molar refractivity (Wildman–Crippen MR) is 76.3 cm³/mol. The number of carboxylic acids is 1. The summed E-state index contributed by atoms with van der Waals surface area (Å²) in [6.07, 6.45) is 0.278. The summed E-state index contributed by atoms with van der Waals surface area (Å²) in [4.78, 5) is 34.0. The molecule has 108 valence electrons. The van der Waals surface area contributed by atoms with Gasteiger partial charge in [0.1, 0.15) is 6.04 Å². The highest BCUT2D eigenvalue weighted by Gasteiger charge is 2.17. The minimum absolute atomic E-state index is 0.269. The average Bonchev–Trinajstić information content (AvgIpc) is 2.41. The number of halogens is 1. The number of hydrogen-bond acceptors (Lipinski definition) is 3. The van der Waals surface area contributed by atoms with Crippen molar-refractivity contribution in [2.24, 2.45) is 0 Å². The maximum atomic E-state index is 11.8. The van der Waals surface area contributed by atoms with Crippen molar-refractivity contribution in [2.45, 2.75) is 19.4 Å². The molecule has 0 aliphatic heterocycles. The number of benzene rings is 1. The van der Waals surface area contributed by atoms with Gasteiger partial charge in [0.25, 0.3) is 5.91 Å². The maximum absolute atomic E-state index is 11.8. The predicted octanol–water partition coefficient (Wildman–Crippen LogP) is 1.16. The summed E-state index contributed by atoms with van der Waals surface area (Å²) in [6, 6.07) is 5.78. The van der Waals surface area contributed by atoms with Gasteiger partial charge >= 0.3 is 5.97 Å². The van der Waals surface area contributed by atoms with E-state index in [1.165, 1.54) is 0 Å². The first-order valence-electron chi connectivity index (χ1n) is 6.00. The fourth-order valence-electron chi connectivity index (χ4n) is 1.48. The molecule has 0 saturated heterocycles. The number of nitrogens with one attached hydrogen (secondary N) is 2. The van der Waals surface area contributed by atoms with Gasteiger partial charge in [-0.25, -0.2) is 4.79 Å². The molecule has 0 aromatic heterocycles. The summed E-state index contributed by atoms with van der Waals surface area (Å²) in [5, 5.41) is 13.6. The number of amides is 2. The van der Waals surface area contributed by atoms with E-state index in [1.54, 1.807) is 31.2 Å². The standard InChI is InChI=1S/C13H15BrN2O4/c1-2-10(13(19)20)16-11(17)7-15-12(18)8-4-3-5-9(14)6-8/h3-6,10H,2,7H2,1H3,(H,15,18)(H,16,17)(H,19,20). The van der Waals surface area contributed by atoms with Crippen LogP contribution in [0.3, 0.4) is 0 Å². The lowest BCUT2D eigenvalue weighted by Gasteiger charge is -2.12. The second kappa shape index (κ2) is 7.64. The molecule has 0 heterocycles. The Morgan fingerprint density at radius 1 is 1.35 bits per heavy atom. The van der Waals surface area contributed by atoms with Crippen LogP contribution in [0, 0.1) is 0 Å². The molecule has 1 aromatic rings. The summed E-state index contributed by atoms with van der Waals surface area (Å²) < 4.78 is 0.756. The molecular weight excluding hydrogens is 328 g/mol. The first-order chi connectivity index (χ1) is 9.43. The Bertz CT molecular complexity index is 519. The first-order valence-corrected chi connectivity index (χ1v) is 6.79. The number of rotatable bonds is 6. The van der Waals surface area contributed by atoms with Crippen LogP contribution in [0.5, 0.6) is 0 Å². The molecule has 3 N–H and O–H groups in total. The first kappa shape index (κ1) is 16.2. The van der Waals surface area contributed by atoms with Gasteiger partial charge in [0.15, 0.2) is 0 Å². The SMILES string of the molecule is CCC(NC(=O)CNC(=O)c1cccc(Br)c1)C(=O)O. The molecule has 0 radical (unpaired) electrons. The van der Waals surface area contributed by atoms with Gasteiger partial charge in [0, 0.05) is 10.0 Å². The second-order valence-corrected chi connectivity index (χ2v) is 4.98. The molecule has 0 saturated carbocycles. The Balaban J connectivity index is 2.49. The molecule has 0 bridgehead atoms. The third-order valence-corrected chi connectivity index (χ3v) is 3.03. The van der Waals surface area contributed by atoms with Crippen LogP contribution in [0.4, 0.5) is 0 Å². The monoisotopic (exact) mass is 342 g/mol. The number of carboxylic acid groups (broad SMARTS) is 1. The topological polar surface area (TPSA) is 95.5 Å². The van der Waals surface area contributed by atoms with Crippen molar-refractivity contribution >= 4 is 33.7 Å². The molecule has 0 aliphatic rings. The van der Waals surface area contributed by atoms with Gasteiger partial charge < -0.3 is 15.7 Å². The van der Waals surface area contributed by atoms with Crippen LogP contribution in [0.1, 0.15) is 23.7 Å². The molecular formula is C13H15BrN2O4. The van der Waals surface area contributed by atoms with Crippen LogP contribution in [0.25, 0.3) is 0 Å². The normalized spacial score (nSPS) is 11.5. The van der Waals surface area contributed by atoms with Gasteiger partial charge in [-0.1, -0.05) is 28.9 Å². The number of hydrogen-bond donors (Lipinski definition) is 3. The Morgan fingerprint density at radius 3 is 2.60 bits per heavy atom. The van der Waals surface area contributed by atoms with Gasteiger partial charge in [-0.15, -0.1) is 0 Å². The molecule has 0 aliphatic carbocycles. The molecule has 7 heteroatoms. The zero-order valence-corrected chi connectivity index (χ0v) is 12.4. The molecule has 0 spiro atoms. The third kappa shape index (κ3) is 5.00. The molecule has 1 aromatic carbocycles. The van der Waals surface area contributed by atoms with Gasteiger partial charge in [0.2, 0.25) is 5.91 Å². The Morgan fingerprint density at radius 2 is 2.05 bits per heavy atom. The smallest absolute Gasteiger partial charge is 0.326 e. The molecule has 0 fully saturated rings. The van der Waals surface area contributed by atoms with E-state index >= 15 is 0 Å². The molecule has 1 unspecified atom stereocenters. The molecule has 2 amide bonds. The Kier molecular flexibility index (Phi) is 6.17. The lowest BCUT2D eigenvalue weighted by molar-refractivity contribution is -0.141. The number of carbonyl (C=O) groups is 3. The van der Waals surface area contributed by atoms with Crippen molar-refractivity contribution in [1.29, 1.82) is 0 Å². The van der Waals surface area contributed by atoms with E-state index in [4.69, 9.17) is 5.11 Å². The minimum atomic E-state index is -1.10. The summed E-state index contributed by atoms with van der Waals surface area (Å²) in [7, 11) is 0. The Hall–Kier alpha value is -1.89. The summed E-state index contributed by atoms with van der Waals surface area (Å²) in [6.45, 7) is 1.38. The van der Waals surface area contributed by atoms with Crippen LogP contribution in [-0.4, -0.2) is 35.5 Å². The quantitative estimate of drug-likeness (QED) is 0.722. The zero-order chi connectivity index (χ0) is 15.1. The van der Waals surface area contributed by atoms with Crippen LogP contribution in [0.15, 0.2) is 28.7 Å². The summed E-state index contributed by atoms with van der Waals surface area (Å²) >= 11 is 3.24. The third-order valence-electron chi connectivity index (χ3n) is 2.54. The largest absolute Gasteiger partial charge is 0.480 e.